The van der Waals surface area contributed by atoms with E-state index in [1.54, 1.807) is 24.3 Å². The van der Waals surface area contributed by atoms with E-state index >= 15 is 0 Å². The second kappa shape index (κ2) is 8.83. The molecular formula is C19H23ClN2O2. The zero-order valence-corrected chi connectivity index (χ0v) is 14.6. The van der Waals surface area contributed by atoms with Gasteiger partial charge in [0.25, 0.3) is 0 Å². The molecule has 0 bridgehead atoms. The molecule has 0 saturated heterocycles. The van der Waals surface area contributed by atoms with Crippen molar-refractivity contribution in [3.05, 3.63) is 65.2 Å². The van der Waals surface area contributed by atoms with Gasteiger partial charge in [-0.15, -0.1) is 0 Å². The van der Waals surface area contributed by atoms with Crippen LogP contribution < -0.4 is 10.6 Å². The second-order valence-corrected chi connectivity index (χ2v) is 6.41. The fourth-order valence-corrected chi connectivity index (χ4v) is 2.69. The van der Waals surface area contributed by atoms with Crippen LogP contribution in [-0.2, 0) is 4.79 Å². The maximum absolute atomic E-state index is 12.1. The number of halogens is 1. The number of benzene rings is 2. The smallest absolute Gasteiger partial charge is 0.225 e. The summed E-state index contributed by atoms with van der Waals surface area (Å²) in [6, 6.07) is 16.2. The quantitative estimate of drug-likeness (QED) is 0.715. The predicted octanol–water partition coefficient (Wildman–Crippen LogP) is 3.77. The van der Waals surface area contributed by atoms with Crippen molar-refractivity contribution in [2.45, 2.75) is 38.5 Å². The molecule has 0 radical (unpaired) electrons. The number of carbonyl (C=O) groups excluding carboxylic acids is 1. The van der Waals surface area contributed by atoms with Gasteiger partial charge in [-0.05, 0) is 43.7 Å². The molecule has 3 unspecified atom stereocenters. The Hall–Kier alpha value is -1.88. The summed E-state index contributed by atoms with van der Waals surface area (Å²) >= 11 is 5.86. The summed E-state index contributed by atoms with van der Waals surface area (Å²) in [6.07, 6.45) is -0.339. The molecule has 0 heterocycles. The van der Waals surface area contributed by atoms with Crippen LogP contribution in [-0.4, -0.2) is 23.1 Å². The van der Waals surface area contributed by atoms with Crippen LogP contribution in [0.4, 0.5) is 5.69 Å². The molecule has 0 aliphatic heterocycles. The van der Waals surface area contributed by atoms with E-state index in [0.717, 1.165) is 11.3 Å². The monoisotopic (exact) mass is 346 g/mol. The van der Waals surface area contributed by atoms with Gasteiger partial charge >= 0.3 is 0 Å². The van der Waals surface area contributed by atoms with Gasteiger partial charge in [0.1, 0.15) is 0 Å². The van der Waals surface area contributed by atoms with E-state index in [2.05, 4.69) is 10.6 Å². The molecule has 0 saturated carbocycles. The van der Waals surface area contributed by atoms with Gasteiger partial charge in [0.2, 0.25) is 5.91 Å². The van der Waals surface area contributed by atoms with Gasteiger partial charge in [0.15, 0.2) is 0 Å². The molecule has 0 aliphatic rings. The number of hydrogen-bond donors (Lipinski definition) is 3. The van der Waals surface area contributed by atoms with Crippen LogP contribution in [0.25, 0.3) is 0 Å². The highest BCUT2D eigenvalue weighted by molar-refractivity contribution is 6.30. The van der Waals surface area contributed by atoms with Crippen molar-refractivity contribution >= 4 is 23.2 Å². The number of hydrogen-bond acceptors (Lipinski definition) is 3. The lowest BCUT2D eigenvalue weighted by Crippen LogP contribution is -2.40. The number of anilines is 1. The molecule has 5 heteroatoms. The number of nitrogens with one attached hydrogen (secondary N) is 2. The molecule has 0 aliphatic carbocycles. The maximum Gasteiger partial charge on any atom is 0.225 e. The third-order valence-corrected chi connectivity index (χ3v) is 4.03. The first-order valence-electron chi connectivity index (χ1n) is 8.00. The highest BCUT2D eigenvalue weighted by atomic mass is 35.5. The molecular weight excluding hydrogens is 324 g/mol. The molecule has 2 rings (SSSR count). The fourth-order valence-electron chi connectivity index (χ4n) is 2.56. The number of aliphatic hydroxyl groups is 1. The summed E-state index contributed by atoms with van der Waals surface area (Å²) in [5, 5.41) is 17.2. The minimum Gasteiger partial charge on any atom is -0.387 e. The summed E-state index contributed by atoms with van der Waals surface area (Å²) in [5.41, 5.74) is 1.57. The summed E-state index contributed by atoms with van der Waals surface area (Å²) in [7, 11) is 0. The average Bonchev–Trinajstić information content (AvgIpc) is 2.55. The highest BCUT2D eigenvalue weighted by Gasteiger charge is 2.19. The Labute approximate surface area is 147 Å². The van der Waals surface area contributed by atoms with Crippen molar-refractivity contribution in [2.24, 2.45) is 0 Å². The molecule has 2 aromatic carbocycles. The third kappa shape index (κ3) is 5.64. The SMILES string of the molecule is CC(CC(=O)Nc1ccccc1)NC(C)C(O)c1ccc(Cl)cc1. The zero-order chi connectivity index (χ0) is 17.5. The van der Waals surface area contributed by atoms with Crippen LogP contribution in [0.3, 0.4) is 0 Å². The van der Waals surface area contributed by atoms with Gasteiger partial charge in [-0.25, -0.2) is 0 Å². The third-order valence-electron chi connectivity index (χ3n) is 3.78. The Balaban J connectivity index is 1.83. The van der Waals surface area contributed by atoms with Crippen molar-refractivity contribution in [3.63, 3.8) is 0 Å². The lowest BCUT2D eigenvalue weighted by molar-refractivity contribution is -0.116. The van der Waals surface area contributed by atoms with E-state index in [9.17, 15) is 9.90 Å². The molecule has 3 atom stereocenters. The van der Waals surface area contributed by atoms with Gasteiger partial charge in [-0.3, -0.25) is 4.79 Å². The fraction of sp³-hybridized carbons (Fsp3) is 0.316. The highest BCUT2D eigenvalue weighted by Crippen LogP contribution is 2.19. The largest absolute Gasteiger partial charge is 0.387 e. The Kier molecular flexibility index (Phi) is 6.79. The van der Waals surface area contributed by atoms with Crippen LogP contribution in [0.2, 0.25) is 5.02 Å². The molecule has 0 fully saturated rings. The van der Waals surface area contributed by atoms with E-state index in [1.165, 1.54) is 0 Å². The molecule has 24 heavy (non-hydrogen) atoms. The summed E-state index contributed by atoms with van der Waals surface area (Å²) in [4.78, 5) is 12.1. The van der Waals surface area contributed by atoms with Crippen molar-refractivity contribution in [3.8, 4) is 0 Å². The molecule has 4 nitrogen and oxygen atoms in total. The van der Waals surface area contributed by atoms with Crippen molar-refractivity contribution in [1.82, 2.24) is 5.32 Å². The van der Waals surface area contributed by atoms with Crippen LogP contribution >= 0.6 is 11.6 Å². The average molecular weight is 347 g/mol. The molecule has 1 amide bonds. The maximum atomic E-state index is 12.1. The van der Waals surface area contributed by atoms with Crippen LogP contribution in [0.5, 0.6) is 0 Å². The van der Waals surface area contributed by atoms with Crippen molar-refractivity contribution in [2.75, 3.05) is 5.32 Å². The van der Waals surface area contributed by atoms with Gasteiger partial charge in [0, 0.05) is 29.2 Å². The lowest BCUT2D eigenvalue weighted by Gasteiger charge is -2.24. The van der Waals surface area contributed by atoms with Gasteiger partial charge in [0.05, 0.1) is 6.10 Å². The standard InChI is InChI=1S/C19H23ClN2O2/c1-13(12-18(23)22-17-6-4-3-5-7-17)21-14(2)19(24)15-8-10-16(20)11-9-15/h3-11,13-14,19,21,24H,12H2,1-2H3,(H,22,23). The Morgan fingerprint density at radius 2 is 1.71 bits per heavy atom. The number of amides is 1. The van der Waals surface area contributed by atoms with E-state index in [-0.39, 0.29) is 18.0 Å². The summed E-state index contributed by atoms with van der Waals surface area (Å²) < 4.78 is 0. The topological polar surface area (TPSA) is 61.4 Å². The summed E-state index contributed by atoms with van der Waals surface area (Å²) in [6.45, 7) is 3.82. The van der Waals surface area contributed by atoms with Crippen LogP contribution in [0, 0.1) is 0 Å². The minimum atomic E-state index is -0.665. The molecule has 0 aromatic heterocycles. The van der Waals surface area contributed by atoms with E-state index in [0.29, 0.717) is 11.4 Å². The van der Waals surface area contributed by atoms with Crippen molar-refractivity contribution < 1.29 is 9.90 Å². The van der Waals surface area contributed by atoms with E-state index in [1.807, 2.05) is 44.2 Å². The normalized spacial score (nSPS) is 14.7. The van der Waals surface area contributed by atoms with E-state index < -0.39 is 6.10 Å². The van der Waals surface area contributed by atoms with Crippen LogP contribution in [0.1, 0.15) is 31.9 Å². The first-order valence-corrected chi connectivity index (χ1v) is 8.38. The molecule has 3 N–H and O–H groups in total. The molecule has 128 valence electrons. The molecule has 2 aromatic rings. The Morgan fingerprint density at radius 1 is 1.08 bits per heavy atom. The first kappa shape index (κ1) is 18.5. The van der Waals surface area contributed by atoms with Crippen LogP contribution in [0.15, 0.2) is 54.6 Å². The van der Waals surface area contributed by atoms with Gasteiger partial charge < -0.3 is 15.7 Å². The lowest BCUT2D eigenvalue weighted by atomic mass is 10.0. The Bertz CT molecular complexity index is 646. The first-order chi connectivity index (χ1) is 11.5. The number of rotatable bonds is 7. The molecule has 0 spiro atoms. The van der Waals surface area contributed by atoms with E-state index in [4.69, 9.17) is 11.6 Å². The minimum absolute atomic E-state index is 0.0608. The second-order valence-electron chi connectivity index (χ2n) is 5.97. The van der Waals surface area contributed by atoms with Crippen molar-refractivity contribution in [1.29, 1.82) is 0 Å². The van der Waals surface area contributed by atoms with Gasteiger partial charge in [-0.1, -0.05) is 41.9 Å². The zero-order valence-electron chi connectivity index (χ0n) is 13.9. The summed E-state index contributed by atoms with van der Waals surface area (Å²) in [5.74, 6) is -0.0608. The number of para-hydroxylation sites is 1. The predicted molar refractivity (Wildman–Crippen MR) is 98.2 cm³/mol. The number of aliphatic hydroxyl groups excluding tert-OH is 1. The number of carbonyl (C=O) groups is 1. The van der Waals surface area contributed by atoms with Gasteiger partial charge in [-0.2, -0.15) is 0 Å². The Morgan fingerprint density at radius 3 is 2.33 bits per heavy atom.